The summed E-state index contributed by atoms with van der Waals surface area (Å²) in [6.45, 7) is 2.25. The lowest BCUT2D eigenvalue weighted by Gasteiger charge is -2.15. The van der Waals surface area contributed by atoms with Crippen LogP contribution < -0.4 is 9.47 Å². The van der Waals surface area contributed by atoms with Gasteiger partial charge < -0.3 is 19.3 Å². The second-order valence-electron chi connectivity index (χ2n) is 5.16. The molecule has 0 aromatic heterocycles. The molecule has 1 atom stereocenters. The minimum absolute atomic E-state index is 0.104. The minimum Gasteiger partial charge on any atom is -0.488 e. The van der Waals surface area contributed by atoms with Crippen LogP contribution in [-0.2, 0) is 4.74 Å². The van der Waals surface area contributed by atoms with Gasteiger partial charge in [-0.05, 0) is 49.6 Å². The van der Waals surface area contributed by atoms with Crippen molar-refractivity contribution in [3.8, 4) is 17.2 Å². The molecule has 6 heteroatoms. The average molecular weight is 348 g/mol. The number of rotatable bonds is 8. The normalized spacial score (nSPS) is 11.8. The fraction of sp³-hybridized carbons (Fsp3) is 0.278. The number of benzene rings is 2. The Morgan fingerprint density at radius 3 is 2.38 bits per heavy atom. The molecule has 24 heavy (non-hydrogen) atoms. The molecule has 2 rings (SSSR count). The van der Waals surface area contributed by atoms with Crippen molar-refractivity contribution in [3.63, 3.8) is 0 Å². The van der Waals surface area contributed by atoms with Crippen molar-refractivity contribution in [2.24, 2.45) is 0 Å². The van der Waals surface area contributed by atoms with Crippen molar-refractivity contribution >= 4 is 17.7 Å². The van der Waals surface area contributed by atoms with Crippen LogP contribution in [0.5, 0.6) is 17.2 Å². The van der Waals surface area contributed by atoms with Crippen LogP contribution in [0.15, 0.2) is 47.4 Å². The summed E-state index contributed by atoms with van der Waals surface area (Å²) in [5, 5.41) is 9.27. The zero-order valence-corrected chi connectivity index (χ0v) is 14.6. The zero-order valence-electron chi connectivity index (χ0n) is 13.8. The summed E-state index contributed by atoms with van der Waals surface area (Å²) in [5.74, 6) is 0.426. The van der Waals surface area contributed by atoms with E-state index >= 15 is 0 Å². The first-order valence-electron chi connectivity index (χ1n) is 7.37. The molecule has 2 aromatic carbocycles. The van der Waals surface area contributed by atoms with E-state index in [4.69, 9.17) is 14.2 Å². The quantitative estimate of drug-likeness (QED) is 0.717. The molecular formula is C18H20O5S. The average Bonchev–Trinajstić information content (AvgIpc) is 2.55. The summed E-state index contributed by atoms with van der Waals surface area (Å²) in [6.07, 6.45) is 1.80. The van der Waals surface area contributed by atoms with Crippen LogP contribution >= 0.6 is 11.8 Å². The van der Waals surface area contributed by atoms with Gasteiger partial charge in [0.05, 0.1) is 12.2 Å². The Bertz CT molecular complexity index is 684. The first-order valence-corrected chi connectivity index (χ1v) is 8.60. The second kappa shape index (κ2) is 8.61. The maximum absolute atomic E-state index is 11.3. The van der Waals surface area contributed by atoms with Crippen molar-refractivity contribution in [1.29, 1.82) is 0 Å². The number of carboxylic acids is 1. The Morgan fingerprint density at radius 2 is 1.79 bits per heavy atom. The van der Waals surface area contributed by atoms with Crippen molar-refractivity contribution in [3.05, 3.63) is 48.0 Å². The third-order valence-corrected chi connectivity index (χ3v) is 3.90. The van der Waals surface area contributed by atoms with Crippen molar-refractivity contribution < 1.29 is 24.1 Å². The molecule has 5 nitrogen and oxygen atoms in total. The Morgan fingerprint density at radius 1 is 1.12 bits per heavy atom. The van der Waals surface area contributed by atoms with Gasteiger partial charge in [0.25, 0.3) is 0 Å². The number of hydrogen-bond donors (Lipinski definition) is 1. The highest BCUT2D eigenvalue weighted by Gasteiger charge is 2.12. The molecule has 0 aliphatic carbocycles. The number of carbonyl (C=O) groups is 1. The van der Waals surface area contributed by atoms with Gasteiger partial charge in [0.2, 0.25) is 0 Å². The van der Waals surface area contributed by atoms with Crippen molar-refractivity contribution in [1.82, 2.24) is 0 Å². The van der Waals surface area contributed by atoms with Gasteiger partial charge in [-0.2, -0.15) is 0 Å². The molecular weight excluding hydrogens is 328 g/mol. The molecule has 0 bridgehead atoms. The molecule has 1 unspecified atom stereocenters. The predicted octanol–water partition coefficient (Wildman–Crippen LogP) is 4.31. The van der Waals surface area contributed by atoms with Crippen molar-refractivity contribution in [2.45, 2.75) is 17.9 Å². The largest absolute Gasteiger partial charge is 0.488 e. The third kappa shape index (κ3) is 5.18. The maximum atomic E-state index is 11.3. The van der Waals surface area contributed by atoms with Crippen LogP contribution in [0, 0.1) is 0 Å². The van der Waals surface area contributed by atoms with Gasteiger partial charge in [0.15, 0.2) is 0 Å². The second-order valence-corrected chi connectivity index (χ2v) is 6.04. The van der Waals surface area contributed by atoms with Gasteiger partial charge in [-0.3, -0.25) is 0 Å². The number of ether oxygens (including phenoxy) is 3. The Hall–Kier alpha value is -2.18. The van der Waals surface area contributed by atoms with E-state index in [1.165, 1.54) is 12.1 Å². The number of methoxy groups -OCH3 is 1. The van der Waals surface area contributed by atoms with E-state index in [0.717, 1.165) is 4.90 Å². The minimum atomic E-state index is -1.04. The first kappa shape index (κ1) is 18.2. The van der Waals surface area contributed by atoms with Crippen molar-refractivity contribution in [2.75, 3.05) is 20.0 Å². The van der Waals surface area contributed by atoms with Gasteiger partial charge in [-0.1, -0.05) is 0 Å². The molecule has 128 valence electrons. The predicted molar refractivity (Wildman–Crippen MR) is 93.7 cm³/mol. The fourth-order valence-corrected chi connectivity index (χ4v) is 2.51. The first-order chi connectivity index (χ1) is 11.5. The summed E-state index contributed by atoms with van der Waals surface area (Å²) in [5.41, 5.74) is 0.104. The van der Waals surface area contributed by atoms with Gasteiger partial charge in [-0.15, -0.1) is 11.8 Å². The van der Waals surface area contributed by atoms with E-state index in [-0.39, 0.29) is 11.7 Å². The summed E-state index contributed by atoms with van der Waals surface area (Å²) >= 11 is 1.64. The maximum Gasteiger partial charge on any atom is 0.335 e. The molecule has 0 saturated carbocycles. The molecule has 0 heterocycles. The van der Waals surface area contributed by atoms with Crippen LogP contribution in [0.25, 0.3) is 0 Å². The van der Waals surface area contributed by atoms with Gasteiger partial charge in [0.1, 0.15) is 23.4 Å². The number of thioether (sulfide) groups is 1. The zero-order chi connectivity index (χ0) is 17.5. The highest BCUT2D eigenvalue weighted by molar-refractivity contribution is 7.98. The van der Waals surface area contributed by atoms with E-state index in [0.29, 0.717) is 23.9 Å². The van der Waals surface area contributed by atoms with E-state index in [1.807, 2.05) is 37.4 Å². The smallest absolute Gasteiger partial charge is 0.335 e. The monoisotopic (exact) mass is 348 g/mol. The van der Waals surface area contributed by atoms with Gasteiger partial charge in [-0.25, -0.2) is 4.79 Å². The third-order valence-electron chi connectivity index (χ3n) is 3.16. The number of hydrogen-bond acceptors (Lipinski definition) is 5. The molecule has 0 radical (unpaired) electrons. The number of carboxylic acid groups (broad SMARTS) is 1. The van der Waals surface area contributed by atoms with Crippen LogP contribution in [-0.4, -0.2) is 37.2 Å². The topological polar surface area (TPSA) is 65.0 Å². The Labute approximate surface area is 145 Å². The lowest BCUT2D eigenvalue weighted by atomic mass is 10.2. The highest BCUT2D eigenvalue weighted by Crippen LogP contribution is 2.29. The Kier molecular flexibility index (Phi) is 6.52. The van der Waals surface area contributed by atoms with Crippen LogP contribution in [0.2, 0.25) is 0 Å². The molecule has 0 aliphatic heterocycles. The molecule has 0 aliphatic rings. The molecule has 0 amide bonds. The lowest BCUT2D eigenvalue weighted by molar-refractivity contribution is 0.0693. The highest BCUT2D eigenvalue weighted by atomic mass is 32.2. The Balaban J connectivity index is 2.23. The summed E-state index contributed by atoms with van der Waals surface area (Å²) in [6, 6.07) is 12.2. The van der Waals surface area contributed by atoms with Gasteiger partial charge >= 0.3 is 5.97 Å². The molecule has 0 spiro atoms. The summed E-state index contributed by atoms with van der Waals surface area (Å²) in [7, 11) is 1.58. The molecule has 0 fully saturated rings. The SMILES string of the molecule is COCC(C)Oc1cc(Oc2ccc(SC)cc2)cc(C(=O)O)c1. The van der Waals surface area contributed by atoms with Crippen LogP contribution in [0.4, 0.5) is 0 Å². The van der Waals surface area contributed by atoms with E-state index in [1.54, 1.807) is 24.9 Å². The lowest BCUT2D eigenvalue weighted by Crippen LogP contribution is -2.18. The van der Waals surface area contributed by atoms with E-state index in [9.17, 15) is 9.90 Å². The van der Waals surface area contributed by atoms with Crippen LogP contribution in [0.3, 0.4) is 0 Å². The van der Waals surface area contributed by atoms with Crippen LogP contribution in [0.1, 0.15) is 17.3 Å². The summed E-state index contributed by atoms with van der Waals surface area (Å²) < 4.78 is 16.5. The number of aromatic carboxylic acids is 1. The molecule has 1 N–H and O–H groups in total. The van der Waals surface area contributed by atoms with E-state index < -0.39 is 5.97 Å². The van der Waals surface area contributed by atoms with E-state index in [2.05, 4.69) is 0 Å². The fourth-order valence-electron chi connectivity index (χ4n) is 2.10. The van der Waals surface area contributed by atoms with Gasteiger partial charge in [0, 0.05) is 18.1 Å². The standard InChI is InChI=1S/C18H20O5S/c1-12(11-21-2)22-15-8-13(18(19)20)9-16(10-15)23-14-4-6-17(24-3)7-5-14/h4-10,12H,11H2,1-3H3,(H,19,20). The molecule has 0 saturated heterocycles. The molecule has 2 aromatic rings. The summed E-state index contributed by atoms with van der Waals surface area (Å²) in [4.78, 5) is 12.4.